The summed E-state index contributed by atoms with van der Waals surface area (Å²) in [6, 6.07) is 1.56. The van der Waals surface area contributed by atoms with Gasteiger partial charge in [0.25, 0.3) is 0 Å². The molecule has 0 aliphatic rings. The number of halogens is 1. The van der Waals surface area contributed by atoms with Gasteiger partial charge in [-0.2, -0.15) is 0 Å². The van der Waals surface area contributed by atoms with E-state index in [1.54, 1.807) is 6.07 Å². The van der Waals surface area contributed by atoms with Gasteiger partial charge in [-0.25, -0.2) is 9.97 Å². The fraction of sp³-hybridized carbons (Fsp3) is 0.455. The normalized spacial score (nSPS) is 10.4. The Balaban J connectivity index is 2.47. The number of nitrogens with zero attached hydrogens (tertiary/aromatic N) is 2. The molecule has 0 amide bonds. The Morgan fingerprint density at radius 1 is 1.40 bits per heavy atom. The SMILES string of the molecule is CC(C)(C)C#CCOc1cc(Cl)ncn1. The van der Waals surface area contributed by atoms with Gasteiger partial charge in [0.2, 0.25) is 5.88 Å². The van der Waals surface area contributed by atoms with Gasteiger partial charge in [0.1, 0.15) is 11.5 Å². The minimum absolute atomic E-state index is 0.00726. The molecule has 1 aromatic rings. The molecule has 0 aliphatic carbocycles. The van der Waals surface area contributed by atoms with Gasteiger partial charge >= 0.3 is 0 Å². The molecule has 0 N–H and O–H groups in total. The van der Waals surface area contributed by atoms with E-state index in [0.29, 0.717) is 17.6 Å². The van der Waals surface area contributed by atoms with Crippen LogP contribution in [0.25, 0.3) is 0 Å². The molecule has 15 heavy (non-hydrogen) atoms. The first-order chi connectivity index (χ1) is 6.97. The molecule has 1 aromatic heterocycles. The van der Waals surface area contributed by atoms with Crippen molar-refractivity contribution in [2.45, 2.75) is 20.8 Å². The maximum atomic E-state index is 5.66. The summed E-state index contributed by atoms with van der Waals surface area (Å²) in [7, 11) is 0. The standard InChI is InChI=1S/C11H13ClN2O/c1-11(2,3)5-4-6-15-10-7-9(12)13-8-14-10/h7-8H,6H2,1-3H3. The summed E-state index contributed by atoms with van der Waals surface area (Å²) in [6.45, 7) is 6.44. The molecular formula is C11H13ClN2O. The second-order valence-electron chi connectivity index (χ2n) is 4.02. The highest BCUT2D eigenvalue weighted by Crippen LogP contribution is 2.11. The van der Waals surface area contributed by atoms with Crippen molar-refractivity contribution in [2.24, 2.45) is 5.41 Å². The zero-order chi connectivity index (χ0) is 11.3. The van der Waals surface area contributed by atoms with Gasteiger partial charge < -0.3 is 4.74 Å². The quantitative estimate of drug-likeness (QED) is 0.572. The van der Waals surface area contributed by atoms with Gasteiger partial charge in [0.15, 0.2) is 6.61 Å². The molecule has 0 aliphatic heterocycles. The first-order valence-electron chi connectivity index (χ1n) is 4.58. The van der Waals surface area contributed by atoms with Crippen LogP contribution in [0.5, 0.6) is 5.88 Å². The third-order valence-corrected chi connectivity index (χ3v) is 1.57. The van der Waals surface area contributed by atoms with Crippen molar-refractivity contribution in [1.29, 1.82) is 0 Å². The maximum absolute atomic E-state index is 5.66. The molecule has 3 nitrogen and oxygen atoms in total. The zero-order valence-corrected chi connectivity index (χ0v) is 9.80. The second kappa shape index (κ2) is 4.99. The van der Waals surface area contributed by atoms with Crippen molar-refractivity contribution >= 4 is 11.6 Å². The molecule has 0 saturated heterocycles. The Kier molecular flexibility index (Phi) is 3.93. The Bertz CT molecular complexity index is 388. The number of aromatic nitrogens is 2. The Hall–Kier alpha value is -1.27. The lowest BCUT2D eigenvalue weighted by Gasteiger charge is -2.07. The number of rotatable bonds is 2. The van der Waals surface area contributed by atoms with Crippen LogP contribution in [0, 0.1) is 17.3 Å². The van der Waals surface area contributed by atoms with Crippen LogP contribution in [0.3, 0.4) is 0 Å². The highest BCUT2D eigenvalue weighted by atomic mass is 35.5. The van der Waals surface area contributed by atoms with E-state index in [-0.39, 0.29) is 5.41 Å². The summed E-state index contributed by atoms with van der Waals surface area (Å²) in [5.41, 5.74) is -0.00726. The fourth-order valence-electron chi connectivity index (χ4n) is 0.808. The number of ether oxygens (including phenoxy) is 1. The molecule has 0 atom stereocenters. The van der Waals surface area contributed by atoms with Crippen molar-refractivity contribution in [3.05, 3.63) is 17.5 Å². The lowest BCUT2D eigenvalue weighted by atomic mass is 9.98. The maximum Gasteiger partial charge on any atom is 0.218 e. The van der Waals surface area contributed by atoms with E-state index in [0.717, 1.165) is 0 Å². The molecule has 1 rings (SSSR count). The van der Waals surface area contributed by atoms with Gasteiger partial charge in [-0.15, -0.1) is 0 Å². The van der Waals surface area contributed by atoms with E-state index in [1.807, 2.05) is 20.8 Å². The van der Waals surface area contributed by atoms with Crippen molar-refractivity contribution in [1.82, 2.24) is 9.97 Å². The number of hydrogen-bond donors (Lipinski definition) is 0. The molecule has 0 fully saturated rings. The summed E-state index contributed by atoms with van der Waals surface area (Å²) in [5.74, 6) is 6.42. The summed E-state index contributed by atoms with van der Waals surface area (Å²) in [5, 5.41) is 0.365. The minimum Gasteiger partial charge on any atom is -0.464 e. The smallest absolute Gasteiger partial charge is 0.218 e. The van der Waals surface area contributed by atoms with Crippen LogP contribution in [0.4, 0.5) is 0 Å². The van der Waals surface area contributed by atoms with E-state index < -0.39 is 0 Å². The lowest BCUT2D eigenvalue weighted by Crippen LogP contribution is -2.02. The molecule has 1 heterocycles. The van der Waals surface area contributed by atoms with E-state index in [2.05, 4.69) is 21.8 Å². The third-order valence-electron chi connectivity index (χ3n) is 1.36. The van der Waals surface area contributed by atoms with Gasteiger partial charge in [-0.3, -0.25) is 0 Å². The predicted molar refractivity (Wildman–Crippen MR) is 59.8 cm³/mol. The average molecular weight is 225 g/mol. The minimum atomic E-state index is -0.00726. The fourth-order valence-corrected chi connectivity index (χ4v) is 0.945. The van der Waals surface area contributed by atoms with Crippen molar-refractivity contribution < 1.29 is 4.74 Å². The van der Waals surface area contributed by atoms with Crippen LogP contribution in [-0.2, 0) is 0 Å². The van der Waals surface area contributed by atoms with Crippen LogP contribution in [0.15, 0.2) is 12.4 Å². The van der Waals surface area contributed by atoms with Crippen LogP contribution in [0.2, 0.25) is 5.15 Å². The van der Waals surface area contributed by atoms with Gasteiger partial charge in [-0.1, -0.05) is 23.4 Å². The third kappa shape index (κ3) is 5.24. The molecule has 0 aromatic carbocycles. The first kappa shape index (κ1) is 11.8. The van der Waals surface area contributed by atoms with Crippen molar-refractivity contribution in [3.8, 4) is 17.7 Å². The van der Waals surface area contributed by atoms with Crippen LogP contribution < -0.4 is 4.74 Å². The van der Waals surface area contributed by atoms with Crippen LogP contribution in [-0.4, -0.2) is 16.6 Å². The van der Waals surface area contributed by atoms with Gasteiger partial charge in [0.05, 0.1) is 0 Å². The van der Waals surface area contributed by atoms with Crippen LogP contribution >= 0.6 is 11.6 Å². The van der Waals surface area contributed by atoms with Crippen LogP contribution in [0.1, 0.15) is 20.8 Å². The van der Waals surface area contributed by atoms with E-state index in [4.69, 9.17) is 16.3 Å². The van der Waals surface area contributed by atoms with Crippen molar-refractivity contribution in [3.63, 3.8) is 0 Å². The summed E-state index contributed by atoms with van der Waals surface area (Å²) >= 11 is 5.66. The highest BCUT2D eigenvalue weighted by molar-refractivity contribution is 6.29. The Morgan fingerprint density at radius 2 is 2.13 bits per heavy atom. The molecule has 0 bridgehead atoms. The van der Waals surface area contributed by atoms with Gasteiger partial charge in [-0.05, 0) is 20.8 Å². The van der Waals surface area contributed by atoms with E-state index in [9.17, 15) is 0 Å². The molecular weight excluding hydrogens is 212 g/mol. The monoisotopic (exact) mass is 224 g/mol. The second-order valence-corrected chi connectivity index (χ2v) is 4.41. The molecule has 0 saturated carbocycles. The predicted octanol–water partition coefficient (Wildman–Crippen LogP) is 2.56. The van der Waals surface area contributed by atoms with Gasteiger partial charge in [0, 0.05) is 11.5 Å². The molecule has 4 heteroatoms. The topological polar surface area (TPSA) is 35.0 Å². The number of hydrogen-bond acceptors (Lipinski definition) is 3. The van der Waals surface area contributed by atoms with E-state index in [1.165, 1.54) is 6.33 Å². The largest absolute Gasteiger partial charge is 0.464 e. The highest BCUT2D eigenvalue weighted by Gasteiger charge is 2.03. The summed E-state index contributed by atoms with van der Waals surface area (Å²) < 4.78 is 5.27. The summed E-state index contributed by atoms with van der Waals surface area (Å²) in [6.07, 6.45) is 1.36. The average Bonchev–Trinajstić information content (AvgIpc) is 2.11. The molecule has 0 spiro atoms. The zero-order valence-electron chi connectivity index (χ0n) is 9.04. The molecule has 80 valence electrons. The molecule has 0 unspecified atom stereocenters. The Labute approximate surface area is 94.8 Å². The van der Waals surface area contributed by atoms with E-state index >= 15 is 0 Å². The summed E-state index contributed by atoms with van der Waals surface area (Å²) in [4.78, 5) is 7.63. The van der Waals surface area contributed by atoms with Crippen molar-refractivity contribution in [2.75, 3.05) is 6.61 Å². The lowest BCUT2D eigenvalue weighted by molar-refractivity contribution is 0.354. The first-order valence-corrected chi connectivity index (χ1v) is 4.95. The molecule has 0 radical (unpaired) electrons. The Morgan fingerprint density at radius 3 is 2.73 bits per heavy atom.